The van der Waals surface area contributed by atoms with Crippen LogP contribution in [0.3, 0.4) is 0 Å². The van der Waals surface area contributed by atoms with E-state index in [2.05, 4.69) is 0 Å². The molecule has 0 N–H and O–H groups in total. The highest BCUT2D eigenvalue weighted by Crippen LogP contribution is 2.33. The van der Waals surface area contributed by atoms with Gasteiger partial charge in [-0.25, -0.2) is 4.39 Å². The summed E-state index contributed by atoms with van der Waals surface area (Å²) in [5, 5.41) is 1.59. The average molecular weight is 338 g/mol. The summed E-state index contributed by atoms with van der Waals surface area (Å²) in [6, 6.07) is 16.2. The van der Waals surface area contributed by atoms with E-state index in [0.29, 0.717) is 17.7 Å². The second-order valence-corrected chi connectivity index (χ2v) is 5.90. The Labute approximate surface area is 146 Å². The van der Waals surface area contributed by atoms with Gasteiger partial charge in [0.15, 0.2) is 0 Å². The van der Waals surface area contributed by atoms with E-state index in [1.165, 1.54) is 19.1 Å². The normalized spacial score (nSPS) is 10.7. The maximum Gasteiger partial charge on any atom is 0.302 e. The van der Waals surface area contributed by atoms with Crippen molar-refractivity contribution in [2.75, 3.05) is 0 Å². The zero-order valence-corrected chi connectivity index (χ0v) is 14.2. The Balaban J connectivity index is 2.00. The molecular weight excluding hydrogens is 319 g/mol. The minimum absolute atomic E-state index is 0.163. The number of rotatable bonds is 5. The number of halogens is 1. The summed E-state index contributed by atoms with van der Waals surface area (Å²) < 4.78 is 24.8. The van der Waals surface area contributed by atoms with Crippen LogP contribution in [0.25, 0.3) is 10.8 Å². The fraction of sp³-hybridized carbons (Fsp3) is 0.190. The quantitative estimate of drug-likeness (QED) is 0.619. The van der Waals surface area contributed by atoms with Gasteiger partial charge in [-0.1, -0.05) is 36.4 Å². The van der Waals surface area contributed by atoms with E-state index >= 15 is 0 Å². The number of aryl methyl sites for hydroxylation is 1. The number of esters is 1. The van der Waals surface area contributed by atoms with E-state index in [1.807, 2.05) is 43.3 Å². The third kappa shape index (κ3) is 3.97. The van der Waals surface area contributed by atoms with Gasteiger partial charge in [-0.15, -0.1) is 0 Å². The number of hydrogen-bond donors (Lipinski definition) is 0. The predicted molar refractivity (Wildman–Crippen MR) is 94.9 cm³/mol. The van der Waals surface area contributed by atoms with Crippen LogP contribution in [-0.2, 0) is 22.7 Å². The largest absolute Gasteiger partial charge is 0.488 e. The van der Waals surface area contributed by atoms with Gasteiger partial charge in [0, 0.05) is 12.3 Å². The number of carbonyl (C=O) groups excluding carboxylic acids is 1. The molecule has 0 unspecified atom stereocenters. The fourth-order valence-electron chi connectivity index (χ4n) is 2.75. The Hall–Kier alpha value is -2.88. The van der Waals surface area contributed by atoms with Gasteiger partial charge in [-0.2, -0.15) is 0 Å². The highest BCUT2D eigenvalue weighted by molar-refractivity contribution is 5.92. The molecule has 0 bridgehead atoms. The molecule has 3 aromatic carbocycles. The van der Waals surface area contributed by atoms with Crippen LogP contribution in [0.2, 0.25) is 0 Å². The molecule has 0 radical (unpaired) electrons. The summed E-state index contributed by atoms with van der Waals surface area (Å²) in [7, 11) is 0. The Morgan fingerprint density at radius 2 is 1.76 bits per heavy atom. The molecule has 0 aromatic heterocycles. The maximum absolute atomic E-state index is 13.7. The minimum atomic E-state index is -0.342. The number of fused-ring (bicyclic) bond motifs is 1. The molecule has 3 aromatic rings. The van der Waals surface area contributed by atoms with Crippen molar-refractivity contribution in [1.82, 2.24) is 0 Å². The lowest BCUT2D eigenvalue weighted by Crippen LogP contribution is -2.03. The molecular formula is C21H19FO3. The van der Waals surface area contributed by atoms with Crippen LogP contribution in [-0.4, -0.2) is 5.97 Å². The van der Waals surface area contributed by atoms with Crippen molar-refractivity contribution in [3.8, 4) is 5.75 Å². The predicted octanol–water partition coefficient (Wildman–Crippen LogP) is 4.93. The first-order chi connectivity index (χ1) is 12.0. The second-order valence-electron chi connectivity index (χ2n) is 5.90. The zero-order chi connectivity index (χ0) is 17.8. The average Bonchev–Trinajstić information content (AvgIpc) is 2.61. The molecule has 3 nitrogen and oxygen atoms in total. The highest BCUT2D eigenvalue weighted by Gasteiger charge is 2.12. The Kier molecular flexibility index (Phi) is 4.98. The van der Waals surface area contributed by atoms with Crippen molar-refractivity contribution in [1.29, 1.82) is 0 Å². The van der Waals surface area contributed by atoms with Crippen molar-refractivity contribution in [2.45, 2.75) is 27.1 Å². The van der Waals surface area contributed by atoms with Gasteiger partial charge in [0.25, 0.3) is 0 Å². The zero-order valence-electron chi connectivity index (χ0n) is 14.2. The molecule has 0 aliphatic carbocycles. The second kappa shape index (κ2) is 7.34. The summed E-state index contributed by atoms with van der Waals surface area (Å²) in [6.07, 6.45) is 0. The molecule has 0 heterocycles. The van der Waals surface area contributed by atoms with E-state index in [-0.39, 0.29) is 18.4 Å². The van der Waals surface area contributed by atoms with Crippen molar-refractivity contribution in [2.24, 2.45) is 0 Å². The molecule has 25 heavy (non-hydrogen) atoms. The van der Waals surface area contributed by atoms with Gasteiger partial charge in [0.2, 0.25) is 0 Å². The summed E-state index contributed by atoms with van der Waals surface area (Å²) in [4.78, 5) is 11.1. The SMILES string of the molecule is CC(=O)OCc1cc(OCc2ccccc2)c2cc(F)ccc2c1C. The van der Waals surface area contributed by atoms with Gasteiger partial charge < -0.3 is 9.47 Å². The topological polar surface area (TPSA) is 35.5 Å². The smallest absolute Gasteiger partial charge is 0.302 e. The van der Waals surface area contributed by atoms with E-state index in [0.717, 1.165) is 22.1 Å². The van der Waals surface area contributed by atoms with E-state index < -0.39 is 0 Å². The van der Waals surface area contributed by atoms with Gasteiger partial charge in [0.1, 0.15) is 24.8 Å². The van der Waals surface area contributed by atoms with E-state index in [4.69, 9.17) is 9.47 Å². The molecule has 0 atom stereocenters. The van der Waals surface area contributed by atoms with Crippen molar-refractivity contribution >= 4 is 16.7 Å². The molecule has 3 rings (SSSR count). The first-order valence-electron chi connectivity index (χ1n) is 8.06. The number of ether oxygens (including phenoxy) is 2. The summed E-state index contributed by atoms with van der Waals surface area (Å²) in [6.45, 7) is 3.84. The van der Waals surface area contributed by atoms with Crippen LogP contribution in [0.1, 0.15) is 23.6 Å². The van der Waals surface area contributed by atoms with Crippen LogP contribution in [0.4, 0.5) is 4.39 Å². The Morgan fingerprint density at radius 1 is 1.00 bits per heavy atom. The molecule has 0 amide bonds. The van der Waals surface area contributed by atoms with E-state index in [1.54, 1.807) is 6.07 Å². The van der Waals surface area contributed by atoms with Crippen LogP contribution in [0.5, 0.6) is 5.75 Å². The molecule has 0 saturated carbocycles. The molecule has 128 valence electrons. The first kappa shape index (κ1) is 17.0. The molecule has 0 aliphatic rings. The van der Waals surface area contributed by atoms with Gasteiger partial charge in [0.05, 0.1) is 0 Å². The number of benzene rings is 3. The van der Waals surface area contributed by atoms with Crippen LogP contribution in [0, 0.1) is 12.7 Å². The first-order valence-corrected chi connectivity index (χ1v) is 8.06. The molecule has 4 heteroatoms. The van der Waals surface area contributed by atoms with Gasteiger partial charge >= 0.3 is 5.97 Å². The van der Waals surface area contributed by atoms with Gasteiger partial charge in [-0.3, -0.25) is 4.79 Å². The van der Waals surface area contributed by atoms with Crippen molar-refractivity contribution in [3.05, 3.63) is 77.1 Å². The van der Waals surface area contributed by atoms with Crippen molar-refractivity contribution < 1.29 is 18.7 Å². The third-order valence-electron chi connectivity index (χ3n) is 4.11. The Morgan fingerprint density at radius 3 is 2.48 bits per heavy atom. The summed E-state index contributed by atoms with van der Waals surface area (Å²) in [5.41, 5.74) is 2.81. The third-order valence-corrected chi connectivity index (χ3v) is 4.11. The highest BCUT2D eigenvalue weighted by atomic mass is 19.1. The summed E-state index contributed by atoms with van der Waals surface area (Å²) in [5.74, 6) is -0.0827. The number of hydrogen-bond acceptors (Lipinski definition) is 3. The number of carbonyl (C=O) groups is 1. The Bertz CT molecular complexity index is 904. The maximum atomic E-state index is 13.7. The standard InChI is InChI=1S/C21H19FO3/c1-14-17(13-24-15(2)23)10-21(20-11-18(22)8-9-19(14)20)25-12-16-6-4-3-5-7-16/h3-11H,12-13H2,1-2H3. The molecule has 0 spiro atoms. The lowest BCUT2D eigenvalue weighted by atomic mass is 9.99. The van der Waals surface area contributed by atoms with Crippen LogP contribution in [0.15, 0.2) is 54.6 Å². The lowest BCUT2D eigenvalue weighted by Gasteiger charge is -2.15. The molecule has 0 aliphatic heterocycles. The lowest BCUT2D eigenvalue weighted by molar-refractivity contribution is -0.142. The monoisotopic (exact) mass is 338 g/mol. The van der Waals surface area contributed by atoms with Crippen LogP contribution < -0.4 is 4.74 Å². The van der Waals surface area contributed by atoms with Gasteiger partial charge in [-0.05, 0) is 47.2 Å². The fourth-order valence-corrected chi connectivity index (χ4v) is 2.75. The van der Waals surface area contributed by atoms with Crippen LogP contribution >= 0.6 is 0 Å². The summed E-state index contributed by atoms with van der Waals surface area (Å²) >= 11 is 0. The molecule has 0 fully saturated rings. The van der Waals surface area contributed by atoms with Crippen molar-refractivity contribution in [3.63, 3.8) is 0 Å². The molecule has 0 saturated heterocycles. The minimum Gasteiger partial charge on any atom is -0.488 e. The van der Waals surface area contributed by atoms with E-state index in [9.17, 15) is 9.18 Å².